The second-order valence-corrected chi connectivity index (χ2v) is 6.20. The van der Waals surface area contributed by atoms with Crippen LogP contribution in [0.25, 0.3) is 0 Å². The third-order valence-corrected chi connectivity index (χ3v) is 4.32. The molecule has 1 fully saturated rings. The van der Waals surface area contributed by atoms with Crippen LogP contribution in [0.4, 0.5) is 0 Å². The molecule has 1 aliphatic carbocycles. The summed E-state index contributed by atoms with van der Waals surface area (Å²) < 4.78 is 5.33. The van der Waals surface area contributed by atoms with Crippen molar-refractivity contribution in [3.63, 3.8) is 0 Å². The highest BCUT2D eigenvalue weighted by Crippen LogP contribution is 2.30. The zero-order valence-electron chi connectivity index (χ0n) is 12.9. The number of hydrogen-bond donors (Lipinski definition) is 2. The Kier molecular flexibility index (Phi) is 5.44. The minimum Gasteiger partial charge on any atom is -0.496 e. The van der Waals surface area contributed by atoms with Gasteiger partial charge in [-0.25, -0.2) is 0 Å². The van der Waals surface area contributed by atoms with Crippen molar-refractivity contribution >= 4 is 0 Å². The molecule has 2 N–H and O–H groups in total. The Morgan fingerprint density at radius 2 is 2.20 bits per heavy atom. The number of methoxy groups -OCH3 is 1. The number of aliphatic hydroxyl groups is 1. The zero-order chi connectivity index (χ0) is 14.5. The van der Waals surface area contributed by atoms with E-state index in [-0.39, 0.29) is 0 Å². The van der Waals surface area contributed by atoms with Crippen molar-refractivity contribution in [3.05, 3.63) is 29.3 Å². The van der Waals surface area contributed by atoms with Crippen molar-refractivity contribution in [2.75, 3.05) is 20.2 Å². The molecule has 1 aromatic rings. The summed E-state index contributed by atoms with van der Waals surface area (Å²) in [5.41, 5.74) is 2.02. The van der Waals surface area contributed by atoms with E-state index in [9.17, 15) is 5.11 Å². The minimum absolute atomic E-state index is 0.510. The van der Waals surface area contributed by atoms with E-state index < -0.39 is 6.10 Å². The molecule has 1 aromatic carbocycles. The Balaban J connectivity index is 1.85. The van der Waals surface area contributed by atoms with Crippen LogP contribution < -0.4 is 10.1 Å². The highest BCUT2D eigenvalue weighted by Gasteiger charge is 2.21. The van der Waals surface area contributed by atoms with Crippen LogP contribution in [0.2, 0.25) is 0 Å². The van der Waals surface area contributed by atoms with E-state index in [0.29, 0.717) is 6.54 Å². The van der Waals surface area contributed by atoms with Crippen LogP contribution in [0.1, 0.15) is 43.4 Å². The normalized spacial score (nSPS) is 23.8. The predicted molar refractivity (Wildman–Crippen MR) is 82.1 cm³/mol. The molecule has 3 nitrogen and oxygen atoms in total. The third kappa shape index (κ3) is 3.97. The van der Waals surface area contributed by atoms with Gasteiger partial charge in [-0.05, 0) is 50.3 Å². The molecule has 0 heterocycles. The maximum atomic E-state index is 10.3. The van der Waals surface area contributed by atoms with Crippen molar-refractivity contribution in [3.8, 4) is 5.75 Å². The van der Waals surface area contributed by atoms with Gasteiger partial charge in [0.25, 0.3) is 0 Å². The molecule has 112 valence electrons. The molecular formula is C17H27NO2. The van der Waals surface area contributed by atoms with E-state index >= 15 is 0 Å². The maximum absolute atomic E-state index is 10.3. The van der Waals surface area contributed by atoms with Crippen LogP contribution in [0, 0.1) is 18.8 Å². The van der Waals surface area contributed by atoms with E-state index in [4.69, 9.17) is 4.74 Å². The molecule has 0 amide bonds. The first kappa shape index (κ1) is 15.3. The number of rotatable bonds is 6. The summed E-state index contributed by atoms with van der Waals surface area (Å²) in [6.07, 6.45) is 3.47. The number of ether oxygens (including phenoxy) is 1. The van der Waals surface area contributed by atoms with Gasteiger partial charge < -0.3 is 15.2 Å². The Hall–Kier alpha value is -1.06. The molecule has 0 saturated heterocycles. The Labute approximate surface area is 122 Å². The van der Waals surface area contributed by atoms with Crippen molar-refractivity contribution in [2.45, 2.75) is 39.2 Å². The lowest BCUT2D eigenvalue weighted by molar-refractivity contribution is 0.168. The number of hydrogen-bond acceptors (Lipinski definition) is 3. The summed E-state index contributed by atoms with van der Waals surface area (Å²) >= 11 is 0. The van der Waals surface area contributed by atoms with Crippen molar-refractivity contribution in [1.82, 2.24) is 5.32 Å². The first-order valence-electron chi connectivity index (χ1n) is 7.63. The zero-order valence-corrected chi connectivity index (χ0v) is 12.9. The van der Waals surface area contributed by atoms with Gasteiger partial charge in [0.1, 0.15) is 5.75 Å². The Morgan fingerprint density at radius 1 is 1.40 bits per heavy atom. The molecule has 0 radical (unpaired) electrons. The van der Waals surface area contributed by atoms with E-state index in [1.807, 2.05) is 25.1 Å². The first-order chi connectivity index (χ1) is 9.60. The Morgan fingerprint density at radius 3 is 2.85 bits per heavy atom. The smallest absolute Gasteiger partial charge is 0.124 e. The highest BCUT2D eigenvalue weighted by atomic mass is 16.5. The SMILES string of the molecule is COc1ccc(C)cc1C(O)CNCC1CCC(C)C1. The lowest BCUT2D eigenvalue weighted by Crippen LogP contribution is -2.26. The molecule has 0 aliphatic heterocycles. The monoisotopic (exact) mass is 277 g/mol. The lowest BCUT2D eigenvalue weighted by Gasteiger charge is -2.17. The molecule has 0 aromatic heterocycles. The van der Waals surface area contributed by atoms with Gasteiger partial charge in [-0.15, -0.1) is 0 Å². The number of aryl methyl sites for hydroxylation is 1. The van der Waals surface area contributed by atoms with Crippen LogP contribution in [0.15, 0.2) is 18.2 Å². The quantitative estimate of drug-likeness (QED) is 0.839. The fourth-order valence-electron chi connectivity index (χ4n) is 3.16. The van der Waals surface area contributed by atoms with Gasteiger partial charge in [-0.1, -0.05) is 25.0 Å². The molecule has 3 heteroatoms. The lowest BCUT2D eigenvalue weighted by atomic mass is 10.0. The van der Waals surface area contributed by atoms with Crippen LogP contribution in [0.5, 0.6) is 5.75 Å². The molecule has 20 heavy (non-hydrogen) atoms. The third-order valence-electron chi connectivity index (χ3n) is 4.32. The van der Waals surface area contributed by atoms with Gasteiger partial charge in [0, 0.05) is 12.1 Å². The largest absolute Gasteiger partial charge is 0.496 e. The average Bonchev–Trinajstić information content (AvgIpc) is 2.84. The molecule has 0 bridgehead atoms. The van der Waals surface area contributed by atoms with Crippen LogP contribution in [-0.4, -0.2) is 25.3 Å². The van der Waals surface area contributed by atoms with Gasteiger partial charge in [0.2, 0.25) is 0 Å². The molecule has 3 atom stereocenters. The summed E-state index contributed by atoms with van der Waals surface area (Å²) in [4.78, 5) is 0. The van der Waals surface area contributed by atoms with Crippen LogP contribution in [-0.2, 0) is 0 Å². The van der Waals surface area contributed by atoms with E-state index in [0.717, 1.165) is 35.3 Å². The molecule has 1 saturated carbocycles. The average molecular weight is 277 g/mol. The van der Waals surface area contributed by atoms with Crippen LogP contribution >= 0.6 is 0 Å². The van der Waals surface area contributed by atoms with E-state index in [1.54, 1.807) is 7.11 Å². The van der Waals surface area contributed by atoms with Gasteiger partial charge in [0.05, 0.1) is 13.2 Å². The predicted octanol–water partition coefficient (Wildman–Crippen LogP) is 3.06. The molecule has 0 spiro atoms. The number of aliphatic hydroxyl groups excluding tert-OH is 1. The molecule has 1 aliphatic rings. The van der Waals surface area contributed by atoms with Gasteiger partial charge >= 0.3 is 0 Å². The fraction of sp³-hybridized carbons (Fsp3) is 0.647. The van der Waals surface area contributed by atoms with Crippen molar-refractivity contribution < 1.29 is 9.84 Å². The number of nitrogens with one attached hydrogen (secondary N) is 1. The number of benzene rings is 1. The van der Waals surface area contributed by atoms with Crippen molar-refractivity contribution in [1.29, 1.82) is 0 Å². The molecule has 2 rings (SSSR count). The second kappa shape index (κ2) is 7.09. The van der Waals surface area contributed by atoms with E-state index in [2.05, 4.69) is 12.2 Å². The molecule has 3 unspecified atom stereocenters. The Bertz CT molecular complexity index is 433. The summed E-state index contributed by atoms with van der Waals surface area (Å²) in [7, 11) is 1.65. The van der Waals surface area contributed by atoms with Crippen LogP contribution in [0.3, 0.4) is 0 Å². The van der Waals surface area contributed by atoms with Crippen molar-refractivity contribution in [2.24, 2.45) is 11.8 Å². The first-order valence-corrected chi connectivity index (χ1v) is 7.63. The fourth-order valence-corrected chi connectivity index (χ4v) is 3.16. The van der Waals surface area contributed by atoms with Gasteiger partial charge in [-0.3, -0.25) is 0 Å². The highest BCUT2D eigenvalue weighted by molar-refractivity contribution is 5.38. The summed E-state index contributed by atoms with van der Waals surface area (Å²) in [6.45, 7) is 5.95. The summed E-state index contributed by atoms with van der Waals surface area (Å²) in [6, 6.07) is 5.93. The summed E-state index contributed by atoms with van der Waals surface area (Å²) in [5, 5.41) is 13.8. The molecular weight excluding hydrogens is 250 g/mol. The topological polar surface area (TPSA) is 41.5 Å². The minimum atomic E-state index is -0.510. The summed E-state index contributed by atoms with van der Waals surface area (Å²) in [5.74, 6) is 2.40. The maximum Gasteiger partial charge on any atom is 0.124 e. The second-order valence-electron chi connectivity index (χ2n) is 6.20. The standard InChI is InChI=1S/C17H27NO2/c1-12-4-6-14(8-12)10-18-11-16(19)15-9-13(2)5-7-17(15)20-3/h5,7,9,12,14,16,18-19H,4,6,8,10-11H2,1-3H3. The van der Waals surface area contributed by atoms with Gasteiger partial charge in [0.15, 0.2) is 0 Å². The van der Waals surface area contributed by atoms with E-state index in [1.165, 1.54) is 19.3 Å². The van der Waals surface area contributed by atoms with Gasteiger partial charge in [-0.2, -0.15) is 0 Å².